The molecule has 0 unspecified atom stereocenters. The highest BCUT2D eigenvalue weighted by atomic mass is 28.3. The number of ether oxygens (including phenoxy) is 2. The molecule has 0 bridgehead atoms. The fourth-order valence-corrected chi connectivity index (χ4v) is 5.03. The summed E-state index contributed by atoms with van der Waals surface area (Å²) >= 11 is 0. The molecule has 10 nitrogen and oxygen atoms in total. The van der Waals surface area contributed by atoms with Gasteiger partial charge in [0.05, 0.1) is 23.8 Å². The van der Waals surface area contributed by atoms with Crippen LogP contribution >= 0.6 is 0 Å². The summed E-state index contributed by atoms with van der Waals surface area (Å²) in [6.07, 6.45) is 7.59. The maximum absolute atomic E-state index is 12.9. The number of hydrogen-bond acceptors (Lipinski definition) is 7. The molecule has 0 atom stereocenters. The van der Waals surface area contributed by atoms with E-state index in [1.165, 1.54) is 4.68 Å². The number of rotatable bonds is 10. The van der Waals surface area contributed by atoms with Crippen LogP contribution in [0.15, 0.2) is 30.6 Å². The van der Waals surface area contributed by atoms with Crippen molar-refractivity contribution >= 4 is 36.9 Å². The Morgan fingerprint density at radius 1 is 1.14 bits per heavy atom. The second-order valence-corrected chi connectivity index (χ2v) is 16.1. The minimum atomic E-state index is -1.23. The van der Waals surface area contributed by atoms with Crippen LogP contribution in [-0.4, -0.2) is 59.1 Å². The third kappa shape index (κ3) is 7.13. The Kier molecular flexibility index (Phi) is 8.54. The van der Waals surface area contributed by atoms with Gasteiger partial charge >= 0.3 is 12.0 Å². The number of nitrogens with zero attached hydrogens (tertiary/aromatic N) is 4. The maximum Gasteiger partial charge on any atom is 0.357 e. The molecule has 37 heavy (non-hydrogen) atoms. The van der Waals surface area contributed by atoms with Gasteiger partial charge in [-0.05, 0) is 44.0 Å². The number of aromatic nitrogens is 4. The molecule has 1 saturated carbocycles. The molecule has 3 heterocycles. The van der Waals surface area contributed by atoms with Crippen LogP contribution in [0.5, 0.6) is 0 Å². The van der Waals surface area contributed by atoms with Crippen molar-refractivity contribution in [2.45, 2.75) is 71.1 Å². The molecule has 4 rings (SSSR count). The van der Waals surface area contributed by atoms with Crippen LogP contribution < -0.4 is 10.6 Å². The fourth-order valence-electron chi connectivity index (χ4n) is 4.27. The molecule has 1 aliphatic rings. The van der Waals surface area contributed by atoms with Crippen LogP contribution in [0.3, 0.4) is 0 Å². The van der Waals surface area contributed by atoms with Gasteiger partial charge in [0.1, 0.15) is 12.5 Å². The number of anilines is 1. The van der Waals surface area contributed by atoms with E-state index in [-0.39, 0.29) is 25.4 Å². The lowest BCUT2D eigenvalue weighted by molar-refractivity contribution is 0.0456. The van der Waals surface area contributed by atoms with E-state index < -0.39 is 14.0 Å². The first-order valence-corrected chi connectivity index (χ1v) is 16.6. The topological polar surface area (TPSA) is 120 Å². The van der Waals surface area contributed by atoms with Crippen molar-refractivity contribution in [2.75, 3.05) is 18.5 Å². The van der Waals surface area contributed by atoms with Gasteiger partial charge in [-0.25, -0.2) is 19.3 Å². The van der Waals surface area contributed by atoms with Gasteiger partial charge in [0, 0.05) is 38.0 Å². The largest absolute Gasteiger partial charge is 0.461 e. The Bertz CT molecular complexity index is 1250. The standard InChI is InChI=1S/C26H36N6O4Si/c1-5-36-25(33)24-20(16-28-32(24)17-35-12-13-37(2,3)4)18-14-22-21(27-15-18)10-11-23(30-22)31-26(34)29-19-8-6-7-9-19/h10-11,14-16,19H,5-9,12-13,17H2,1-4H3,(H2,29,30,31,34). The van der Waals surface area contributed by atoms with E-state index in [9.17, 15) is 9.59 Å². The first-order valence-electron chi connectivity index (χ1n) is 12.9. The van der Waals surface area contributed by atoms with Gasteiger partial charge < -0.3 is 14.8 Å². The highest BCUT2D eigenvalue weighted by molar-refractivity contribution is 6.76. The van der Waals surface area contributed by atoms with Crippen molar-refractivity contribution in [3.05, 3.63) is 36.3 Å². The number of esters is 1. The minimum absolute atomic E-state index is 0.155. The van der Waals surface area contributed by atoms with Gasteiger partial charge in [0.15, 0.2) is 5.69 Å². The molecule has 0 aliphatic heterocycles. The van der Waals surface area contributed by atoms with Crippen LogP contribution in [0.2, 0.25) is 25.7 Å². The van der Waals surface area contributed by atoms with Gasteiger partial charge in [-0.3, -0.25) is 10.3 Å². The molecule has 0 saturated heterocycles. The lowest BCUT2D eigenvalue weighted by Gasteiger charge is -2.16. The molecular weight excluding hydrogens is 488 g/mol. The van der Waals surface area contributed by atoms with Crippen molar-refractivity contribution in [3.63, 3.8) is 0 Å². The lowest BCUT2D eigenvalue weighted by Crippen LogP contribution is -2.36. The molecular formula is C26H36N6O4Si. The predicted molar refractivity (Wildman–Crippen MR) is 145 cm³/mol. The Labute approximate surface area is 218 Å². The molecule has 1 fully saturated rings. The molecule has 0 spiro atoms. The highest BCUT2D eigenvalue weighted by Gasteiger charge is 2.22. The van der Waals surface area contributed by atoms with Crippen molar-refractivity contribution in [1.82, 2.24) is 25.1 Å². The van der Waals surface area contributed by atoms with Crippen LogP contribution in [0, 0.1) is 0 Å². The minimum Gasteiger partial charge on any atom is -0.461 e. The molecule has 2 amide bonds. The lowest BCUT2D eigenvalue weighted by atomic mass is 10.1. The Morgan fingerprint density at radius 2 is 1.92 bits per heavy atom. The van der Waals surface area contributed by atoms with Gasteiger partial charge in [0.2, 0.25) is 0 Å². The van der Waals surface area contributed by atoms with Gasteiger partial charge in [-0.15, -0.1) is 0 Å². The summed E-state index contributed by atoms with van der Waals surface area (Å²) in [5.41, 5.74) is 2.82. The molecule has 3 aromatic heterocycles. The Balaban J connectivity index is 1.55. The number of pyridine rings is 2. The summed E-state index contributed by atoms with van der Waals surface area (Å²) < 4.78 is 12.7. The van der Waals surface area contributed by atoms with Crippen molar-refractivity contribution in [2.24, 2.45) is 0 Å². The fraction of sp³-hybridized carbons (Fsp3) is 0.500. The summed E-state index contributed by atoms with van der Waals surface area (Å²) in [5.74, 6) is -0.0464. The van der Waals surface area contributed by atoms with E-state index in [2.05, 4.69) is 45.3 Å². The normalized spacial score (nSPS) is 14.2. The van der Waals surface area contributed by atoms with Gasteiger partial charge in [0.25, 0.3) is 0 Å². The zero-order valence-electron chi connectivity index (χ0n) is 22.0. The average molecular weight is 525 g/mol. The Hall–Kier alpha value is -3.31. The molecule has 0 radical (unpaired) electrons. The third-order valence-corrected chi connectivity index (χ3v) is 8.00. The van der Waals surface area contributed by atoms with Crippen molar-refractivity contribution in [1.29, 1.82) is 0 Å². The zero-order chi connectivity index (χ0) is 26.4. The van der Waals surface area contributed by atoms with E-state index in [1.54, 1.807) is 31.5 Å². The zero-order valence-corrected chi connectivity index (χ0v) is 23.0. The average Bonchev–Trinajstić information content (AvgIpc) is 3.51. The number of nitrogens with one attached hydrogen (secondary N) is 2. The van der Waals surface area contributed by atoms with Crippen LogP contribution in [0.25, 0.3) is 22.2 Å². The SMILES string of the molecule is CCOC(=O)c1c(-c2cnc3ccc(NC(=O)NC4CCCC4)nc3c2)cnn1COCC[Si](C)(C)C. The van der Waals surface area contributed by atoms with E-state index in [1.807, 2.05) is 6.07 Å². The summed E-state index contributed by atoms with van der Waals surface area (Å²) in [7, 11) is -1.23. The smallest absolute Gasteiger partial charge is 0.357 e. The predicted octanol–water partition coefficient (Wildman–Crippen LogP) is 5.05. The third-order valence-electron chi connectivity index (χ3n) is 6.30. The number of fused-ring (bicyclic) bond motifs is 1. The van der Waals surface area contributed by atoms with Crippen LogP contribution in [-0.2, 0) is 16.2 Å². The van der Waals surface area contributed by atoms with E-state index in [0.29, 0.717) is 40.3 Å². The summed E-state index contributed by atoms with van der Waals surface area (Å²) in [5, 5.41) is 10.2. The summed E-state index contributed by atoms with van der Waals surface area (Å²) in [6, 6.07) is 6.33. The number of hydrogen-bond donors (Lipinski definition) is 2. The molecule has 0 aromatic carbocycles. The van der Waals surface area contributed by atoms with Crippen molar-refractivity contribution in [3.8, 4) is 11.1 Å². The molecule has 11 heteroatoms. The molecule has 198 valence electrons. The summed E-state index contributed by atoms with van der Waals surface area (Å²) in [4.78, 5) is 34.4. The number of carbonyl (C=O) groups excluding carboxylic acids is 2. The van der Waals surface area contributed by atoms with E-state index in [4.69, 9.17) is 9.47 Å². The number of urea groups is 1. The van der Waals surface area contributed by atoms with Crippen LogP contribution in [0.1, 0.15) is 43.1 Å². The van der Waals surface area contributed by atoms with Gasteiger partial charge in [-0.2, -0.15) is 5.10 Å². The summed E-state index contributed by atoms with van der Waals surface area (Å²) in [6.45, 7) is 9.64. The number of amides is 2. The second kappa shape index (κ2) is 11.8. The van der Waals surface area contributed by atoms with E-state index in [0.717, 1.165) is 31.7 Å². The maximum atomic E-state index is 12.9. The van der Waals surface area contributed by atoms with Crippen molar-refractivity contribution < 1.29 is 19.1 Å². The Morgan fingerprint density at radius 3 is 2.65 bits per heavy atom. The number of carbonyl (C=O) groups is 2. The van der Waals surface area contributed by atoms with Gasteiger partial charge in [-0.1, -0.05) is 32.5 Å². The molecule has 2 N–H and O–H groups in total. The monoisotopic (exact) mass is 524 g/mol. The second-order valence-electron chi connectivity index (χ2n) is 10.5. The molecule has 1 aliphatic carbocycles. The van der Waals surface area contributed by atoms with Crippen LogP contribution in [0.4, 0.5) is 10.6 Å². The first kappa shape index (κ1) is 26.7. The quantitative estimate of drug-likeness (QED) is 0.216. The van der Waals surface area contributed by atoms with E-state index >= 15 is 0 Å². The highest BCUT2D eigenvalue weighted by Crippen LogP contribution is 2.27. The first-order chi connectivity index (χ1) is 17.7. The molecule has 3 aromatic rings.